The van der Waals surface area contributed by atoms with Gasteiger partial charge in [-0.25, -0.2) is 9.67 Å². The second-order valence-electron chi connectivity index (χ2n) is 5.89. The van der Waals surface area contributed by atoms with E-state index < -0.39 is 17.8 Å². The zero-order valence-electron chi connectivity index (χ0n) is 14.4. The number of halogens is 1. The molecule has 1 aromatic carbocycles. The van der Waals surface area contributed by atoms with Crippen LogP contribution in [0.15, 0.2) is 24.3 Å². The van der Waals surface area contributed by atoms with E-state index in [4.69, 9.17) is 16.7 Å². The molecule has 1 atom stereocenters. The minimum Gasteiger partial charge on any atom is -0.481 e. The number of aryl methyl sites for hydroxylation is 1. The lowest BCUT2D eigenvalue weighted by Gasteiger charge is -2.17. The second-order valence-corrected chi connectivity index (χ2v) is 6.30. The van der Waals surface area contributed by atoms with Crippen LogP contribution < -0.4 is 0 Å². The van der Waals surface area contributed by atoms with Crippen molar-refractivity contribution >= 4 is 23.5 Å². The van der Waals surface area contributed by atoms with Gasteiger partial charge in [0.2, 0.25) is 5.82 Å². The molecule has 1 unspecified atom stereocenters. The van der Waals surface area contributed by atoms with Crippen LogP contribution in [0.2, 0.25) is 5.02 Å². The van der Waals surface area contributed by atoms with E-state index in [0.29, 0.717) is 23.0 Å². The molecule has 7 nitrogen and oxygen atoms in total. The smallest absolute Gasteiger partial charge is 0.308 e. The number of hydrogen-bond donors (Lipinski definition) is 1. The van der Waals surface area contributed by atoms with Crippen LogP contribution in [0.1, 0.15) is 36.7 Å². The largest absolute Gasteiger partial charge is 0.481 e. The summed E-state index contributed by atoms with van der Waals surface area (Å²) in [6.07, 6.45) is 1.48. The normalized spacial score (nSPS) is 12.0. The summed E-state index contributed by atoms with van der Waals surface area (Å²) in [4.78, 5) is 29.2. The zero-order chi connectivity index (χ0) is 18.6. The Morgan fingerprint density at radius 2 is 2.04 bits per heavy atom. The summed E-state index contributed by atoms with van der Waals surface area (Å²) >= 11 is 6.24. The van der Waals surface area contributed by atoms with Gasteiger partial charge in [-0.1, -0.05) is 37.6 Å². The Kier molecular flexibility index (Phi) is 6.14. The zero-order valence-corrected chi connectivity index (χ0v) is 15.2. The summed E-state index contributed by atoms with van der Waals surface area (Å²) in [7, 11) is 1.54. The molecule has 1 heterocycles. The van der Waals surface area contributed by atoms with Crippen molar-refractivity contribution in [1.29, 1.82) is 0 Å². The van der Waals surface area contributed by atoms with Gasteiger partial charge in [0, 0.05) is 20.0 Å². The molecular formula is C17H21ClN4O3. The van der Waals surface area contributed by atoms with E-state index in [1.807, 2.05) is 19.1 Å². The summed E-state index contributed by atoms with van der Waals surface area (Å²) in [5.74, 6) is -1.38. The Morgan fingerprint density at radius 3 is 2.64 bits per heavy atom. The SMILES string of the molecule is CCCc1nc(C(=O)N(C)CC(C)C(=O)O)nn1-c1ccccc1Cl. The number of aromatic nitrogens is 3. The van der Waals surface area contributed by atoms with Crippen LogP contribution in [0.25, 0.3) is 5.69 Å². The van der Waals surface area contributed by atoms with Crippen molar-refractivity contribution in [2.75, 3.05) is 13.6 Å². The highest BCUT2D eigenvalue weighted by atomic mass is 35.5. The van der Waals surface area contributed by atoms with Crippen LogP contribution in [0.4, 0.5) is 0 Å². The molecule has 0 saturated carbocycles. The number of rotatable bonds is 7. The maximum Gasteiger partial charge on any atom is 0.308 e. The number of carbonyl (C=O) groups is 2. The van der Waals surface area contributed by atoms with E-state index in [-0.39, 0.29) is 12.4 Å². The number of carboxylic acid groups (broad SMARTS) is 1. The molecule has 1 aromatic heterocycles. The highest BCUT2D eigenvalue weighted by Gasteiger charge is 2.23. The average Bonchev–Trinajstić information content (AvgIpc) is 2.98. The summed E-state index contributed by atoms with van der Waals surface area (Å²) in [6, 6.07) is 7.20. The van der Waals surface area contributed by atoms with Gasteiger partial charge in [0.15, 0.2) is 0 Å². The van der Waals surface area contributed by atoms with E-state index in [1.54, 1.807) is 23.7 Å². The van der Waals surface area contributed by atoms with Gasteiger partial charge in [0.25, 0.3) is 5.91 Å². The van der Waals surface area contributed by atoms with Crippen LogP contribution in [0.3, 0.4) is 0 Å². The molecule has 0 fully saturated rings. The summed E-state index contributed by atoms with van der Waals surface area (Å²) < 4.78 is 1.58. The maximum absolute atomic E-state index is 12.6. The minimum absolute atomic E-state index is 0.0310. The molecule has 0 aliphatic heterocycles. The topological polar surface area (TPSA) is 88.3 Å². The first-order valence-corrected chi connectivity index (χ1v) is 8.42. The molecule has 0 aliphatic carbocycles. The first kappa shape index (κ1) is 18.9. The van der Waals surface area contributed by atoms with Crippen molar-refractivity contribution in [3.63, 3.8) is 0 Å². The molecular weight excluding hydrogens is 344 g/mol. The standard InChI is InChI=1S/C17H21ClN4O3/c1-4-7-14-19-15(16(23)21(3)10-11(2)17(24)25)20-22(14)13-9-6-5-8-12(13)18/h5-6,8-9,11H,4,7,10H2,1-3H3,(H,24,25). The van der Waals surface area contributed by atoms with Crippen molar-refractivity contribution in [2.45, 2.75) is 26.7 Å². The highest BCUT2D eigenvalue weighted by Crippen LogP contribution is 2.21. The van der Waals surface area contributed by atoms with Crippen molar-refractivity contribution < 1.29 is 14.7 Å². The molecule has 25 heavy (non-hydrogen) atoms. The molecule has 1 amide bonds. The molecule has 2 rings (SSSR count). The van der Waals surface area contributed by atoms with Crippen molar-refractivity contribution in [2.24, 2.45) is 5.92 Å². The lowest BCUT2D eigenvalue weighted by Crippen LogP contribution is -2.34. The van der Waals surface area contributed by atoms with Crippen molar-refractivity contribution in [3.8, 4) is 5.69 Å². The number of hydrogen-bond acceptors (Lipinski definition) is 4. The molecule has 1 N–H and O–H groups in total. The summed E-state index contributed by atoms with van der Waals surface area (Å²) in [5.41, 5.74) is 0.653. The third kappa shape index (κ3) is 4.36. The molecule has 0 saturated heterocycles. The Balaban J connectivity index is 2.33. The Hall–Kier alpha value is -2.41. The summed E-state index contributed by atoms with van der Waals surface area (Å²) in [6.45, 7) is 3.64. The number of para-hydroxylation sites is 1. The number of benzene rings is 1. The van der Waals surface area contributed by atoms with Gasteiger partial charge in [0.1, 0.15) is 5.82 Å². The first-order chi connectivity index (χ1) is 11.8. The van der Waals surface area contributed by atoms with Crippen molar-refractivity contribution in [3.05, 3.63) is 40.9 Å². The lowest BCUT2D eigenvalue weighted by molar-refractivity contribution is -0.141. The van der Waals surface area contributed by atoms with Gasteiger partial charge < -0.3 is 10.0 Å². The van der Waals surface area contributed by atoms with Gasteiger partial charge in [-0.2, -0.15) is 0 Å². The molecule has 0 aliphatic rings. The predicted octanol–water partition coefficient (Wildman–Crippen LogP) is 2.67. The van der Waals surface area contributed by atoms with Crippen LogP contribution in [-0.4, -0.2) is 50.2 Å². The molecule has 0 radical (unpaired) electrons. The first-order valence-electron chi connectivity index (χ1n) is 8.04. The van der Waals surface area contributed by atoms with Crippen LogP contribution >= 0.6 is 11.6 Å². The van der Waals surface area contributed by atoms with Gasteiger partial charge in [0.05, 0.1) is 16.6 Å². The predicted molar refractivity (Wildman–Crippen MR) is 94.1 cm³/mol. The fourth-order valence-electron chi connectivity index (χ4n) is 2.38. The monoisotopic (exact) mass is 364 g/mol. The van der Waals surface area contributed by atoms with E-state index in [1.165, 1.54) is 11.9 Å². The number of nitrogens with zero attached hydrogens (tertiary/aromatic N) is 4. The number of amides is 1. The van der Waals surface area contributed by atoms with E-state index in [0.717, 1.165) is 6.42 Å². The number of carboxylic acids is 1. The summed E-state index contributed by atoms with van der Waals surface area (Å²) in [5, 5.41) is 13.8. The molecule has 0 spiro atoms. The number of aliphatic carboxylic acids is 1. The Labute approximate surface area is 151 Å². The molecule has 0 bridgehead atoms. The van der Waals surface area contributed by atoms with Crippen molar-refractivity contribution in [1.82, 2.24) is 19.7 Å². The average molecular weight is 365 g/mol. The number of carbonyl (C=O) groups excluding carboxylic acids is 1. The molecule has 2 aromatic rings. The van der Waals surface area contributed by atoms with Crippen LogP contribution in [0.5, 0.6) is 0 Å². The van der Waals surface area contributed by atoms with Crippen LogP contribution in [-0.2, 0) is 11.2 Å². The van der Waals surface area contributed by atoms with E-state index >= 15 is 0 Å². The van der Waals surface area contributed by atoms with Gasteiger partial charge in [-0.3, -0.25) is 9.59 Å². The molecule has 8 heteroatoms. The van der Waals surface area contributed by atoms with Gasteiger partial charge >= 0.3 is 5.97 Å². The van der Waals surface area contributed by atoms with Crippen LogP contribution in [0, 0.1) is 5.92 Å². The fourth-order valence-corrected chi connectivity index (χ4v) is 2.60. The Bertz CT molecular complexity index is 775. The Morgan fingerprint density at radius 1 is 1.36 bits per heavy atom. The van der Waals surface area contributed by atoms with Gasteiger partial charge in [-0.15, -0.1) is 5.10 Å². The second kappa shape index (κ2) is 8.11. The van der Waals surface area contributed by atoms with Gasteiger partial charge in [-0.05, 0) is 18.6 Å². The molecule has 134 valence electrons. The quantitative estimate of drug-likeness (QED) is 0.815. The third-order valence-corrected chi connectivity index (χ3v) is 4.06. The maximum atomic E-state index is 12.6. The van der Waals surface area contributed by atoms with E-state index in [2.05, 4.69) is 10.1 Å². The fraction of sp³-hybridized carbons (Fsp3) is 0.412. The third-order valence-electron chi connectivity index (χ3n) is 3.74. The highest BCUT2D eigenvalue weighted by molar-refractivity contribution is 6.32. The van der Waals surface area contributed by atoms with E-state index in [9.17, 15) is 9.59 Å². The minimum atomic E-state index is -0.958. The lowest BCUT2D eigenvalue weighted by atomic mass is 10.2.